The van der Waals surface area contributed by atoms with Crippen molar-refractivity contribution < 1.29 is 32.1 Å². The summed E-state index contributed by atoms with van der Waals surface area (Å²) in [6.07, 6.45) is 0. The topological polar surface area (TPSA) is 43.1 Å². The zero-order chi connectivity index (χ0) is 3.58. The zero-order valence-corrected chi connectivity index (χ0v) is 7.57. The molecule has 0 aliphatic rings. The molecule has 0 fully saturated rings. The van der Waals surface area contributed by atoms with Gasteiger partial charge in [0.2, 0.25) is 0 Å². The monoisotopic (exact) mass is 191 g/mol. The Morgan fingerprint density at radius 2 is 1.80 bits per heavy atom. The van der Waals surface area contributed by atoms with Crippen LogP contribution in [-0.2, 0) is 27.3 Å². The van der Waals surface area contributed by atoms with Crippen LogP contribution in [0.5, 0.6) is 0 Å². The van der Waals surface area contributed by atoms with E-state index in [0.29, 0.717) is 0 Å². The van der Waals surface area contributed by atoms with Crippen molar-refractivity contribution in [3.05, 3.63) is 0 Å². The molecule has 0 saturated carbocycles. The summed E-state index contributed by atoms with van der Waals surface area (Å²) in [6.45, 7) is 0. The molecule has 0 bridgehead atoms. The van der Waals surface area contributed by atoms with Crippen LogP contribution in [0.15, 0.2) is 0 Å². The zero-order valence-electron chi connectivity index (χ0n) is 2.64. The molecule has 2 N–H and O–H groups in total. The summed E-state index contributed by atoms with van der Waals surface area (Å²) in [5.74, 6) is 0. The number of hydrogen-bond donors (Lipinski definition) is 2. The molecular formula is CH3CdNOS. The van der Waals surface area contributed by atoms with Gasteiger partial charge in [0.05, 0.1) is 0 Å². The third-order valence-electron chi connectivity index (χ3n) is 0. The van der Waals surface area contributed by atoms with Crippen molar-refractivity contribution >= 4 is 17.9 Å². The van der Waals surface area contributed by atoms with Gasteiger partial charge in [-0.25, -0.2) is 0 Å². The Bertz CT molecular complexity index is 34.6. The molecule has 0 unspecified atom stereocenters. The fourth-order valence-corrected chi connectivity index (χ4v) is 0. The predicted molar refractivity (Wildman–Crippen MR) is 18.6 cm³/mol. The minimum absolute atomic E-state index is 0. The molecule has 0 saturated heterocycles. The first-order chi connectivity index (χ1) is 1.73. The van der Waals surface area contributed by atoms with Crippen LogP contribution < -0.4 is 5.73 Å². The molecular weight excluding hydrogens is 186 g/mol. The van der Waals surface area contributed by atoms with Gasteiger partial charge in [0.25, 0.3) is 5.24 Å². The molecule has 0 rings (SSSR count). The summed E-state index contributed by atoms with van der Waals surface area (Å²) in [6, 6.07) is 0. The molecule has 26 valence electrons. The Balaban J connectivity index is 0. The maximum absolute atomic E-state index is 9.09. The number of carbonyl (C=O) groups excluding carboxylic acids is 1. The molecule has 0 aliphatic heterocycles. The van der Waals surface area contributed by atoms with Gasteiger partial charge >= 0.3 is 0 Å². The molecule has 0 aliphatic carbocycles. The van der Waals surface area contributed by atoms with E-state index in [2.05, 4.69) is 18.4 Å². The first-order valence-electron chi connectivity index (χ1n) is 0.716. The first-order valence-corrected chi connectivity index (χ1v) is 1.16. The number of nitrogens with two attached hydrogens (primary N) is 1. The molecule has 0 aromatic carbocycles. The SMILES string of the molecule is NC(=O)S.[Cd]. The van der Waals surface area contributed by atoms with Crippen LogP contribution in [0.2, 0.25) is 0 Å². The van der Waals surface area contributed by atoms with Gasteiger partial charge in [-0.2, -0.15) is 0 Å². The van der Waals surface area contributed by atoms with Crippen molar-refractivity contribution in [3.63, 3.8) is 0 Å². The molecule has 0 heterocycles. The average Bonchev–Trinajstić information content (AvgIpc) is 0.811. The van der Waals surface area contributed by atoms with E-state index in [0.717, 1.165) is 0 Å². The van der Waals surface area contributed by atoms with Crippen LogP contribution in [0.1, 0.15) is 0 Å². The van der Waals surface area contributed by atoms with Gasteiger partial charge in [-0.15, -0.1) is 0 Å². The number of rotatable bonds is 0. The fraction of sp³-hybridized carbons (Fsp3) is 0. The van der Waals surface area contributed by atoms with Gasteiger partial charge in [0.1, 0.15) is 0 Å². The second-order valence-electron chi connectivity index (χ2n) is 0.338. The van der Waals surface area contributed by atoms with E-state index in [-0.39, 0.29) is 27.3 Å². The molecule has 5 heavy (non-hydrogen) atoms. The summed E-state index contributed by atoms with van der Waals surface area (Å²) >= 11 is 3.10. The average molecular weight is 190 g/mol. The van der Waals surface area contributed by atoms with Crippen LogP contribution in [0.3, 0.4) is 0 Å². The Labute approximate surface area is 55.7 Å². The van der Waals surface area contributed by atoms with Gasteiger partial charge in [0, 0.05) is 27.3 Å². The number of thiol groups is 1. The van der Waals surface area contributed by atoms with Gasteiger partial charge in [0.15, 0.2) is 0 Å². The van der Waals surface area contributed by atoms with Crippen molar-refractivity contribution in [2.45, 2.75) is 0 Å². The number of hydrogen-bond acceptors (Lipinski definition) is 1. The molecule has 0 spiro atoms. The summed E-state index contributed by atoms with van der Waals surface area (Å²) in [5, 5.41) is -0.639. The molecule has 0 aromatic rings. The normalized spacial score (nSPS) is 5.00. The molecule has 4 heteroatoms. The van der Waals surface area contributed by atoms with Crippen LogP contribution in [-0.4, -0.2) is 5.24 Å². The molecule has 2 nitrogen and oxygen atoms in total. The van der Waals surface area contributed by atoms with Crippen molar-refractivity contribution in [2.24, 2.45) is 5.73 Å². The summed E-state index contributed by atoms with van der Waals surface area (Å²) in [4.78, 5) is 9.09. The van der Waals surface area contributed by atoms with E-state index < -0.39 is 5.24 Å². The Morgan fingerprint density at radius 1 is 1.80 bits per heavy atom. The molecule has 0 atom stereocenters. The second-order valence-corrected chi connectivity index (χ2v) is 0.779. The Morgan fingerprint density at radius 3 is 1.80 bits per heavy atom. The third-order valence-corrected chi connectivity index (χ3v) is 0. The Hall–Kier alpha value is 0.742. The molecule has 0 radical (unpaired) electrons. The van der Waals surface area contributed by atoms with E-state index in [1.165, 1.54) is 0 Å². The van der Waals surface area contributed by atoms with Crippen molar-refractivity contribution in [2.75, 3.05) is 0 Å². The van der Waals surface area contributed by atoms with Gasteiger partial charge in [-0.3, -0.25) is 4.79 Å². The van der Waals surface area contributed by atoms with Crippen molar-refractivity contribution in [1.82, 2.24) is 0 Å². The predicted octanol–water partition coefficient (Wildman–Crippen LogP) is -0.00760. The van der Waals surface area contributed by atoms with Crippen LogP contribution in [0, 0.1) is 0 Å². The minimum atomic E-state index is -0.639. The maximum atomic E-state index is 9.09. The number of primary amides is 1. The van der Waals surface area contributed by atoms with E-state index in [1.54, 1.807) is 0 Å². The quantitative estimate of drug-likeness (QED) is 0.409. The van der Waals surface area contributed by atoms with E-state index in [4.69, 9.17) is 4.79 Å². The smallest absolute Gasteiger partial charge is 0.273 e. The van der Waals surface area contributed by atoms with E-state index >= 15 is 0 Å². The summed E-state index contributed by atoms with van der Waals surface area (Å²) < 4.78 is 0. The van der Waals surface area contributed by atoms with Crippen LogP contribution >= 0.6 is 12.6 Å². The standard InChI is InChI=1S/CH3NOS.Cd/c2-1(3)4;/h(H3,2,3,4);. The van der Waals surface area contributed by atoms with Crippen LogP contribution in [0.25, 0.3) is 0 Å². The maximum Gasteiger partial charge on any atom is 0.273 e. The second kappa shape index (κ2) is 4.74. The van der Waals surface area contributed by atoms with Gasteiger partial charge < -0.3 is 5.73 Å². The summed E-state index contributed by atoms with van der Waals surface area (Å²) in [5.41, 5.74) is 4.34. The molecule has 1 amide bonds. The van der Waals surface area contributed by atoms with Crippen molar-refractivity contribution in [1.29, 1.82) is 0 Å². The minimum Gasteiger partial charge on any atom is -0.361 e. The Kier molecular flexibility index (Phi) is 8.75. The first kappa shape index (κ1) is 9.22. The van der Waals surface area contributed by atoms with E-state index in [9.17, 15) is 0 Å². The van der Waals surface area contributed by atoms with Gasteiger partial charge in [-0.05, 0) is 0 Å². The van der Waals surface area contributed by atoms with Crippen molar-refractivity contribution in [3.8, 4) is 0 Å². The van der Waals surface area contributed by atoms with E-state index in [1.807, 2.05) is 0 Å². The third kappa shape index (κ3) is 64.7. The molecule has 0 aromatic heterocycles. The number of carbonyl (C=O) groups is 1. The van der Waals surface area contributed by atoms with Gasteiger partial charge in [-0.1, -0.05) is 12.6 Å². The largest absolute Gasteiger partial charge is 0.361 e. The number of amides is 1. The summed E-state index contributed by atoms with van der Waals surface area (Å²) in [7, 11) is 0. The van der Waals surface area contributed by atoms with Crippen LogP contribution in [0.4, 0.5) is 4.79 Å². The fourth-order valence-electron chi connectivity index (χ4n) is 0.